The average Bonchev–Trinajstić information content (AvgIpc) is 2.70. The Hall–Kier alpha value is -3.43. The molecule has 1 aromatic carbocycles. The third kappa shape index (κ3) is 6.53. The number of nitrogens with zero attached hydrogens (tertiary/aromatic N) is 2. The first-order chi connectivity index (χ1) is 14.9. The molecule has 1 amide bonds. The number of halogens is 1. The number of carbonyl (C=O) groups excluding carboxylic acids is 2. The second kappa shape index (κ2) is 10.3. The van der Waals surface area contributed by atoms with Gasteiger partial charge < -0.3 is 24.3 Å². The van der Waals surface area contributed by atoms with Crippen LogP contribution in [-0.4, -0.2) is 47.7 Å². The number of hydrogen-bond donors (Lipinski definition) is 1. The van der Waals surface area contributed by atoms with E-state index in [0.29, 0.717) is 0 Å². The maximum atomic E-state index is 14.7. The lowest BCUT2D eigenvalue weighted by Crippen LogP contribution is -2.47. The third-order valence-electron chi connectivity index (χ3n) is 4.09. The Balaban J connectivity index is 2.36. The first kappa shape index (κ1) is 24.8. The summed E-state index contributed by atoms with van der Waals surface area (Å²) in [5.41, 5.74) is -1.16. The van der Waals surface area contributed by atoms with Crippen LogP contribution in [0, 0.1) is 11.7 Å². The van der Waals surface area contributed by atoms with Crippen LogP contribution in [0.1, 0.15) is 45.0 Å². The summed E-state index contributed by atoms with van der Waals surface area (Å²) in [5.74, 6) is -2.47. The largest absolute Gasteiger partial charge is 0.481 e. The van der Waals surface area contributed by atoms with Crippen molar-refractivity contribution in [3.63, 3.8) is 0 Å². The fraction of sp³-hybridized carbons (Fsp3) is 0.455. The lowest BCUT2D eigenvalue weighted by atomic mass is 10.0. The van der Waals surface area contributed by atoms with Crippen LogP contribution in [0.5, 0.6) is 23.5 Å². The van der Waals surface area contributed by atoms with Crippen LogP contribution >= 0.6 is 0 Å². The van der Waals surface area contributed by atoms with Gasteiger partial charge in [0.1, 0.15) is 28.8 Å². The molecule has 2 rings (SSSR count). The molecule has 0 spiro atoms. The zero-order chi connectivity index (χ0) is 24.1. The van der Waals surface area contributed by atoms with E-state index in [1.807, 2.05) is 0 Å². The number of rotatable bonds is 8. The minimum absolute atomic E-state index is 0.149. The molecule has 32 heavy (non-hydrogen) atoms. The van der Waals surface area contributed by atoms with Crippen molar-refractivity contribution in [2.75, 3.05) is 14.2 Å². The number of carbonyl (C=O) groups is 2. The van der Waals surface area contributed by atoms with E-state index < -0.39 is 34.9 Å². The molecule has 0 saturated carbocycles. The number of benzene rings is 1. The number of aromatic nitrogens is 2. The quantitative estimate of drug-likeness (QED) is 0.610. The topological polar surface area (TPSA) is 109 Å². The van der Waals surface area contributed by atoms with Gasteiger partial charge >= 0.3 is 12.0 Å². The molecule has 0 aliphatic heterocycles. The molecule has 0 saturated heterocycles. The molecular formula is C22H28FN3O6. The van der Waals surface area contributed by atoms with E-state index >= 15 is 0 Å². The highest BCUT2D eigenvalue weighted by atomic mass is 19.1. The number of ether oxygens (including phenoxy) is 4. The predicted octanol–water partition coefficient (Wildman–Crippen LogP) is 3.52. The molecule has 2 aromatic rings. The van der Waals surface area contributed by atoms with Crippen LogP contribution in [0.15, 0.2) is 24.3 Å². The summed E-state index contributed by atoms with van der Waals surface area (Å²) >= 11 is 0. The molecule has 174 valence electrons. The lowest BCUT2D eigenvalue weighted by molar-refractivity contribution is -0.158. The molecule has 9 nitrogen and oxygen atoms in total. The van der Waals surface area contributed by atoms with Crippen molar-refractivity contribution in [2.24, 2.45) is 5.92 Å². The summed E-state index contributed by atoms with van der Waals surface area (Å²) in [5, 5.41) is 2.54. The van der Waals surface area contributed by atoms with Crippen LogP contribution < -0.4 is 19.5 Å². The van der Waals surface area contributed by atoms with Crippen molar-refractivity contribution >= 4 is 11.9 Å². The van der Waals surface area contributed by atoms with Gasteiger partial charge in [0.05, 0.1) is 20.3 Å². The molecular weight excluding hydrogens is 421 g/mol. The van der Waals surface area contributed by atoms with Crippen LogP contribution in [0.25, 0.3) is 0 Å². The molecule has 10 heteroatoms. The zero-order valence-electron chi connectivity index (χ0n) is 19.2. The Labute approximate surface area is 186 Å². The lowest BCUT2D eigenvalue weighted by Gasteiger charge is -2.26. The first-order valence-corrected chi connectivity index (χ1v) is 9.92. The van der Waals surface area contributed by atoms with Gasteiger partial charge in [-0.05, 0) is 38.8 Å². The van der Waals surface area contributed by atoms with Crippen LogP contribution in [0.3, 0.4) is 0 Å². The Morgan fingerprint density at radius 3 is 2.16 bits per heavy atom. The maximum absolute atomic E-state index is 14.7. The number of amides is 1. The second-order valence-corrected chi connectivity index (χ2v) is 8.18. The standard InChI is InChI=1S/C22H28FN3O6/c1-12(2)18(20(28)32-22(3,4)5)26-19(27)17-13(23)9-8-10-14(17)31-21-24-15(29-6)11-16(25-21)30-7/h8-12,18H,1-7H3,(H,26,27)/t18-/m0/s1. The van der Waals surface area contributed by atoms with Crippen LogP contribution in [0.2, 0.25) is 0 Å². The van der Waals surface area contributed by atoms with E-state index in [4.69, 9.17) is 18.9 Å². The van der Waals surface area contributed by atoms with Crippen molar-refractivity contribution in [3.8, 4) is 23.5 Å². The molecule has 0 fully saturated rings. The van der Waals surface area contributed by atoms with Crippen molar-refractivity contribution in [1.82, 2.24) is 15.3 Å². The Kier molecular flexibility index (Phi) is 7.96. The van der Waals surface area contributed by atoms with Gasteiger partial charge in [0.15, 0.2) is 0 Å². The highest BCUT2D eigenvalue weighted by Crippen LogP contribution is 2.28. The summed E-state index contributed by atoms with van der Waals surface area (Å²) in [6.07, 6.45) is 0. The average molecular weight is 449 g/mol. The summed E-state index contributed by atoms with van der Waals surface area (Å²) in [4.78, 5) is 33.6. The van der Waals surface area contributed by atoms with E-state index in [0.717, 1.165) is 6.07 Å². The van der Waals surface area contributed by atoms with E-state index in [-0.39, 0.29) is 29.4 Å². The normalized spacial score (nSPS) is 12.2. The zero-order valence-corrected chi connectivity index (χ0v) is 19.2. The van der Waals surface area contributed by atoms with Gasteiger partial charge in [0.25, 0.3) is 5.91 Å². The summed E-state index contributed by atoms with van der Waals surface area (Å²) < 4.78 is 35.8. The smallest absolute Gasteiger partial charge is 0.329 e. The minimum atomic E-state index is -0.998. The molecule has 0 aliphatic rings. The van der Waals surface area contributed by atoms with Crippen molar-refractivity contribution in [3.05, 3.63) is 35.6 Å². The monoisotopic (exact) mass is 449 g/mol. The van der Waals surface area contributed by atoms with Gasteiger partial charge in [-0.2, -0.15) is 9.97 Å². The van der Waals surface area contributed by atoms with Gasteiger partial charge in [-0.1, -0.05) is 19.9 Å². The van der Waals surface area contributed by atoms with Gasteiger partial charge in [0.2, 0.25) is 11.8 Å². The molecule has 0 unspecified atom stereocenters. The van der Waals surface area contributed by atoms with E-state index in [1.165, 1.54) is 32.4 Å². The molecule has 0 bridgehead atoms. The number of hydrogen-bond acceptors (Lipinski definition) is 8. The Morgan fingerprint density at radius 2 is 1.66 bits per heavy atom. The van der Waals surface area contributed by atoms with Crippen molar-refractivity contribution in [1.29, 1.82) is 0 Å². The first-order valence-electron chi connectivity index (χ1n) is 9.92. The van der Waals surface area contributed by atoms with E-state index in [2.05, 4.69) is 15.3 Å². The third-order valence-corrected chi connectivity index (χ3v) is 4.09. The molecule has 0 radical (unpaired) electrons. The van der Waals surface area contributed by atoms with Gasteiger partial charge in [-0.3, -0.25) is 4.79 Å². The van der Waals surface area contributed by atoms with E-state index in [9.17, 15) is 14.0 Å². The molecule has 1 N–H and O–H groups in total. The van der Waals surface area contributed by atoms with E-state index in [1.54, 1.807) is 34.6 Å². The fourth-order valence-electron chi connectivity index (χ4n) is 2.62. The summed E-state index contributed by atoms with van der Waals surface area (Å²) in [6, 6.07) is 4.07. The maximum Gasteiger partial charge on any atom is 0.329 e. The second-order valence-electron chi connectivity index (χ2n) is 8.18. The van der Waals surface area contributed by atoms with Gasteiger partial charge in [0, 0.05) is 0 Å². The molecule has 1 atom stereocenters. The summed E-state index contributed by atoms with van der Waals surface area (Å²) in [6.45, 7) is 8.63. The Morgan fingerprint density at radius 1 is 1.06 bits per heavy atom. The number of esters is 1. The summed E-state index contributed by atoms with van der Waals surface area (Å²) in [7, 11) is 2.80. The fourth-order valence-corrected chi connectivity index (χ4v) is 2.62. The molecule has 0 aliphatic carbocycles. The highest BCUT2D eigenvalue weighted by Gasteiger charge is 2.31. The number of methoxy groups -OCH3 is 2. The van der Waals surface area contributed by atoms with Crippen LogP contribution in [0.4, 0.5) is 4.39 Å². The van der Waals surface area contributed by atoms with Crippen LogP contribution in [-0.2, 0) is 9.53 Å². The van der Waals surface area contributed by atoms with Crippen molar-refractivity contribution in [2.45, 2.75) is 46.3 Å². The molecule has 1 aromatic heterocycles. The minimum Gasteiger partial charge on any atom is -0.481 e. The predicted molar refractivity (Wildman–Crippen MR) is 114 cm³/mol. The SMILES string of the molecule is COc1cc(OC)nc(Oc2cccc(F)c2C(=O)N[C@H](C(=O)OC(C)(C)C)C(C)C)n1. The van der Waals surface area contributed by atoms with Crippen molar-refractivity contribution < 1.29 is 32.9 Å². The Bertz CT molecular complexity index is 952. The number of nitrogens with one attached hydrogen (secondary N) is 1. The molecule has 1 heterocycles. The van der Waals surface area contributed by atoms with Gasteiger partial charge in [-0.15, -0.1) is 0 Å². The van der Waals surface area contributed by atoms with Gasteiger partial charge in [-0.25, -0.2) is 9.18 Å². The highest BCUT2D eigenvalue weighted by molar-refractivity contribution is 5.99.